The summed E-state index contributed by atoms with van der Waals surface area (Å²) in [7, 11) is -2.95. The molecule has 0 heterocycles. The van der Waals surface area contributed by atoms with Gasteiger partial charge in [0.25, 0.3) is 0 Å². The molecule has 0 saturated carbocycles. The molecule has 0 spiro atoms. The van der Waals surface area contributed by atoms with Crippen LogP contribution < -0.4 is 31.6 Å². The van der Waals surface area contributed by atoms with Crippen LogP contribution in [-0.4, -0.2) is 35.8 Å². The maximum absolute atomic E-state index is 14.5. The summed E-state index contributed by atoms with van der Waals surface area (Å²) < 4.78 is 107. The van der Waals surface area contributed by atoms with Crippen LogP contribution in [-0.2, 0) is 21.9 Å². The first-order valence-corrected chi connectivity index (χ1v) is 16.6. The molecule has 0 aliphatic heterocycles. The second kappa shape index (κ2) is 15.7. The van der Waals surface area contributed by atoms with E-state index >= 15 is 0 Å². The second-order valence-corrected chi connectivity index (χ2v) is 13.1. The summed E-state index contributed by atoms with van der Waals surface area (Å²) in [6.45, 7) is 2.92. The number of hydrogen-bond acceptors (Lipinski definition) is 7. The molecule has 4 aromatic carbocycles. The van der Waals surface area contributed by atoms with E-state index in [-0.39, 0.29) is 60.6 Å². The van der Waals surface area contributed by atoms with Crippen molar-refractivity contribution in [2.75, 3.05) is 36.8 Å². The Balaban J connectivity index is 1.59. The summed E-state index contributed by atoms with van der Waals surface area (Å²) in [5, 5.41) is 7.35. The summed E-state index contributed by atoms with van der Waals surface area (Å²) in [5.41, 5.74) is 9.55. The quantitative estimate of drug-likeness (QED) is 0.0776. The van der Waals surface area contributed by atoms with Crippen LogP contribution >= 0.6 is 0 Å². The predicted molar refractivity (Wildman–Crippen MR) is 177 cm³/mol. The van der Waals surface area contributed by atoms with Crippen molar-refractivity contribution < 1.29 is 40.0 Å². The third-order valence-corrected chi connectivity index (χ3v) is 9.53. The highest BCUT2D eigenvalue weighted by atomic mass is 32.2. The average Bonchev–Trinajstić information content (AvgIpc) is 3.05. The number of hydrogen-bond donors (Lipinski definition) is 4. The molecular formula is C34H36F6N4O3S. The number of rotatable bonds is 14. The minimum Gasteiger partial charge on any atom is -0.457 e. The summed E-state index contributed by atoms with van der Waals surface area (Å²) >= 11 is 0. The van der Waals surface area contributed by atoms with E-state index in [1.54, 1.807) is 29.6 Å². The molecule has 0 aliphatic carbocycles. The molecule has 4 aromatic rings. The van der Waals surface area contributed by atoms with E-state index in [4.69, 9.17) is 20.9 Å². The van der Waals surface area contributed by atoms with Crippen LogP contribution in [0.15, 0.2) is 94.7 Å². The normalized spacial score (nSPS) is 12.0. The lowest BCUT2D eigenvalue weighted by Crippen LogP contribution is -2.14. The predicted octanol–water partition coefficient (Wildman–Crippen LogP) is 8.35. The van der Waals surface area contributed by atoms with Gasteiger partial charge in [-0.25, -0.2) is 0 Å². The fourth-order valence-electron chi connectivity index (χ4n) is 4.58. The third kappa shape index (κ3) is 9.58. The Labute approximate surface area is 275 Å². The second-order valence-electron chi connectivity index (χ2n) is 10.6. The number of nitrogens with one attached hydrogen (secondary N) is 2. The number of ether oxygens (including phenoxy) is 2. The van der Waals surface area contributed by atoms with Crippen LogP contribution in [0.2, 0.25) is 0 Å². The van der Waals surface area contributed by atoms with Crippen LogP contribution in [0.3, 0.4) is 0 Å². The summed E-state index contributed by atoms with van der Waals surface area (Å²) in [6.07, 6.45) is -7.96. The molecule has 14 heteroatoms. The van der Waals surface area contributed by atoms with Gasteiger partial charge in [-0.3, -0.25) is 4.21 Å². The Bertz CT molecular complexity index is 1670. The van der Waals surface area contributed by atoms with Crippen molar-refractivity contribution in [1.82, 2.24) is 0 Å². The molecule has 4 rings (SSSR count). The average molecular weight is 695 g/mol. The van der Waals surface area contributed by atoms with Crippen molar-refractivity contribution in [2.45, 2.75) is 41.9 Å². The Morgan fingerprint density at radius 2 is 1.04 bits per heavy atom. The molecule has 0 saturated heterocycles. The molecular weight excluding hydrogens is 658 g/mol. The van der Waals surface area contributed by atoms with Crippen molar-refractivity contribution in [3.05, 3.63) is 96.1 Å². The summed E-state index contributed by atoms with van der Waals surface area (Å²) in [5.74, 6) is 0.360. The molecule has 48 heavy (non-hydrogen) atoms. The van der Waals surface area contributed by atoms with Gasteiger partial charge in [0, 0.05) is 69.0 Å². The van der Waals surface area contributed by atoms with E-state index in [1.165, 1.54) is 36.4 Å². The van der Waals surface area contributed by atoms with Crippen LogP contribution in [0.1, 0.15) is 30.9 Å². The number of anilines is 2. The van der Waals surface area contributed by atoms with E-state index < -0.39 is 33.0 Å². The maximum Gasteiger partial charge on any atom is 0.416 e. The highest BCUT2D eigenvalue weighted by molar-refractivity contribution is 8.01. The Kier molecular flexibility index (Phi) is 11.9. The fourth-order valence-corrected chi connectivity index (χ4v) is 6.89. The van der Waals surface area contributed by atoms with Gasteiger partial charge in [-0.2, -0.15) is 26.3 Å². The van der Waals surface area contributed by atoms with E-state index in [2.05, 4.69) is 10.6 Å². The van der Waals surface area contributed by atoms with Gasteiger partial charge >= 0.3 is 12.4 Å². The molecule has 0 atom stereocenters. The Hall–Kier alpha value is -4.40. The standard InChI is InChI=1S/C34H36F6N4O3S/c1-2-3-16-48(45,31-8-4-27(5-9-31)46-29-19-23(33(35,36)37)17-25(21-29)43-14-12-41)32-10-6-28(7-11-32)47-30-20-24(34(38,39)40)18-26(22-30)44-15-13-42/h4-11,16-22,43-44H,2-3,12-15,41-42H2,1H3. The lowest BCUT2D eigenvalue weighted by atomic mass is 10.1. The van der Waals surface area contributed by atoms with Crippen molar-refractivity contribution in [3.8, 4) is 23.0 Å². The molecule has 0 fully saturated rings. The van der Waals surface area contributed by atoms with Crippen molar-refractivity contribution in [3.63, 3.8) is 0 Å². The van der Waals surface area contributed by atoms with Crippen LogP contribution in [0.5, 0.6) is 23.0 Å². The highest BCUT2D eigenvalue weighted by Crippen LogP contribution is 2.38. The number of unbranched alkanes of at least 4 members (excludes halogenated alkanes) is 1. The minimum absolute atomic E-state index is 0.0472. The topological polar surface area (TPSA) is 112 Å². The van der Waals surface area contributed by atoms with E-state index in [0.717, 1.165) is 24.3 Å². The zero-order chi connectivity index (χ0) is 35.0. The van der Waals surface area contributed by atoms with Crippen LogP contribution in [0.25, 0.3) is 0 Å². The highest BCUT2D eigenvalue weighted by Gasteiger charge is 2.32. The van der Waals surface area contributed by atoms with E-state index in [0.29, 0.717) is 22.6 Å². The minimum atomic E-state index is -4.60. The molecule has 6 N–H and O–H groups in total. The SMILES string of the molecule is CCCC=S(=O)(c1ccc(Oc2cc(NCCN)cc(C(F)(F)F)c2)cc1)c1ccc(Oc2cc(NCCN)cc(C(F)(F)F)c2)cc1. The number of nitrogens with two attached hydrogens (primary N) is 2. The molecule has 0 radical (unpaired) electrons. The van der Waals surface area contributed by atoms with Gasteiger partial charge in [-0.15, -0.1) is 0 Å². The van der Waals surface area contributed by atoms with Crippen molar-refractivity contribution >= 4 is 26.3 Å². The fraction of sp³-hybridized carbons (Fsp3) is 0.265. The number of benzene rings is 4. The number of halogens is 6. The Morgan fingerprint density at radius 3 is 1.38 bits per heavy atom. The molecule has 0 bridgehead atoms. The first-order valence-electron chi connectivity index (χ1n) is 15.0. The Morgan fingerprint density at radius 1 is 0.646 bits per heavy atom. The first-order chi connectivity index (χ1) is 22.7. The van der Waals surface area contributed by atoms with Gasteiger partial charge in [-0.1, -0.05) is 13.3 Å². The van der Waals surface area contributed by atoms with Crippen LogP contribution in [0, 0.1) is 0 Å². The van der Waals surface area contributed by atoms with Gasteiger partial charge in [0.1, 0.15) is 23.0 Å². The van der Waals surface area contributed by atoms with E-state index in [9.17, 15) is 30.6 Å². The monoisotopic (exact) mass is 694 g/mol. The maximum atomic E-state index is 14.5. The summed E-state index contributed by atoms with van der Waals surface area (Å²) in [6, 6.07) is 19.0. The van der Waals surface area contributed by atoms with Gasteiger partial charge in [0.2, 0.25) is 0 Å². The number of alkyl halides is 6. The lowest BCUT2D eigenvalue weighted by molar-refractivity contribution is -0.138. The van der Waals surface area contributed by atoms with Gasteiger partial charge in [0.15, 0.2) is 0 Å². The smallest absolute Gasteiger partial charge is 0.416 e. The first kappa shape index (κ1) is 36.4. The van der Waals surface area contributed by atoms with Crippen LogP contribution in [0.4, 0.5) is 37.7 Å². The van der Waals surface area contributed by atoms with Gasteiger partial charge in [-0.05, 0) is 84.6 Å². The van der Waals surface area contributed by atoms with E-state index in [1.807, 2.05) is 6.92 Å². The van der Waals surface area contributed by atoms with Crippen molar-refractivity contribution in [1.29, 1.82) is 0 Å². The molecule has 0 aromatic heterocycles. The van der Waals surface area contributed by atoms with Crippen molar-refractivity contribution in [2.24, 2.45) is 11.5 Å². The zero-order valence-corrected chi connectivity index (χ0v) is 26.8. The van der Waals surface area contributed by atoms with Gasteiger partial charge < -0.3 is 31.6 Å². The molecule has 7 nitrogen and oxygen atoms in total. The largest absolute Gasteiger partial charge is 0.457 e. The third-order valence-electron chi connectivity index (χ3n) is 6.88. The molecule has 258 valence electrons. The zero-order valence-electron chi connectivity index (χ0n) is 26.0. The molecule has 0 unspecified atom stereocenters. The molecule has 0 amide bonds. The van der Waals surface area contributed by atoms with Gasteiger partial charge in [0.05, 0.1) is 11.1 Å². The summed E-state index contributed by atoms with van der Waals surface area (Å²) in [4.78, 5) is 0.861. The lowest BCUT2D eigenvalue weighted by Gasteiger charge is -2.16. The molecule has 0 aliphatic rings.